The Balaban J connectivity index is 1.79. The van der Waals surface area contributed by atoms with Gasteiger partial charge in [0.15, 0.2) is 0 Å². The van der Waals surface area contributed by atoms with E-state index < -0.39 is 0 Å². The molecule has 0 amide bonds. The second-order valence-corrected chi connectivity index (χ2v) is 5.30. The first-order chi connectivity index (χ1) is 7.40. The predicted octanol–water partition coefficient (Wildman–Crippen LogP) is 2.25. The molecule has 0 bridgehead atoms. The first-order valence-corrected chi connectivity index (χ1v) is 6.80. The molecule has 1 saturated heterocycles. The summed E-state index contributed by atoms with van der Waals surface area (Å²) in [6, 6.07) is 0.753. The summed E-state index contributed by atoms with van der Waals surface area (Å²) in [5.41, 5.74) is 0. The highest BCUT2D eigenvalue weighted by atomic mass is 15.2. The third-order valence-corrected chi connectivity index (χ3v) is 4.24. The molecular formula is C13H26N2. The Bertz CT molecular complexity index is 169. The topological polar surface area (TPSA) is 15.3 Å². The molecule has 1 unspecified atom stereocenters. The van der Waals surface area contributed by atoms with E-state index in [4.69, 9.17) is 0 Å². The van der Waals surface area contributed by atoms with Gasteiger partial charge in [-0.1, -0.05) is 19.3 Å². The van der Waals surface area contributed by atoms with Crippen LogP contribution in [0.5, 0.6) is 0 Å². The summed E-state index contributed by atoms with van der Waals surface area (Å²) in [6.07, 6.45) is 10.1. The maximum Gasteiger partial charge on any atom is 0.0220 e. The van der Waals surface area contributed by atoms with Gasteiger partial charge in [-0.2, -0.15) is 0 Å². The van der Waals surface area contributed by atoms with Crippen LogP contribution < -0.4 is 5.32 Å². The van der Waals surface area contributed by atoms with Crippen LogP contribution in [0.15, 0.2) is 0 Å². The maximum atomic E-state index is 3.56. The Morgan fingerprint density at radius 3 is 2.33 bits per heavy atom. The minimum atomic E-state index is 0.753. The fourth-order valence-electron chi connectivity index (χ4n) is 3.26. The molecule has 1 heterocycles. The lowest BCUT2D eigenvalue weighted by Gasteiger charge is -2.32. The normalized spacial score (nSPS) is 27.0. The zero-order valence-electron chi connectivity index (χ0n) is 10.2. The summed E-state index contributed by atoms with van der Waals surface area (Å²) in [4.78, 5) is 2.65. The van der Waals surface area contributed by atoms with Crippen molar-refractivity contribution in [1.82, 2.24) is 10.2 Å². The Morgan fingerprint density at radius 1 is 1.07 bits per heavy atom. The number of likely N-dealkylation sites (N-methyl/N-ethyl adjacent to an activating group) is 1. The van der Waals surface area contributed by atoms with Crippen molar-refractivity contribution < 1.29 is 0 Å². The summed E-state index contributed by atoms with van der Waals surface area (Å²) in [6.45, 7) is 3.97. The van der Waals surface area contributed by atoms with Gasteiger partial charge < -0.3 is 10.2 Å². The molecule has 0 aromatic rings. The van der Waals surface area contributed by atoms with Gasteiger partial charge in [-0.05, 0) is 51.7 Å². The van der Waals surface area contributed by atoms with E-state index in [0.29, 0.717) is 0 Å². The van der Waals surface area contributed by atoms with E-state index in [-0.39, 0.29) is 0 Å². The molecule has 2 heteroatoms. The zero-order valence-corrected chi connectivity index (χ0v) is 10.2. The van der Waals surface area contributed by atoms with E-state index >= 15 is 0 Å². The van der Waals surface area contributed by atoms with E-state index in [2.05, 4.69) is 17.3 Å². The standard InChI is InChI=1S/C13H26N2/c1-14-13(11-15-9-5-6-10-15)12-7-3-2-4-8-12/h12-14H,2-11H2,1H3. The molecule has 0 aromatic heterocycles. The number of nitrogens with one attached hydrogen (secondary N) is 1. The van der Waals surface area contributed by atoms with E-state index in [0.717, 1.165) is 12.0 Å². The van der Waals surface area contributed by atoms with Gasteiger partial charge in [-0.25, -0.2) is 0 Å². The summed E-state index contributed by atoms with van der Waals surface area (Å²) in [5, 5.41) is 3.56. The molecule has 15 heavy (non-hydrogen) atoms. The minimum absolute atomic E-state index is 0.753. The van der Waals surface area contributed by atoms with Gasteiger partial charge in [-0.15, -0.1) is 0 Å². The van der Waals surface area contributed by atoms with Crippen molar-refractivity contribution in [3.05, 3.63) is 0 Å². The van der Waals surface area contributed by atoms with Gasteiger partial charge in [0.1, 0.15) is 0 Å². The van der Waals surface area contributed by atoms with Gasteiger partial charge in [-0.3, -0.25) is 0 Å². The van der Waals surface area contributed by atoms with Crippen LogP contribution >= 0.6 is 0 Å². The smallest absolute Gasteiger partial charge is 0.0220 e. The monoisotopic (exact) mass is 210 g/mol. The van der Waals surface area contributed by atoms with Gasteiger partial charge in [0.25, 0.3) is 0 Å². The van der Waals surface area contributed by atoms with Crippen LogP contribution in [-0.2, 0) is 0 Å². The van der Waals surface area contributed by atoms with Gasteiger partial charge in [0.2, 0.25) is 0 Å². The van der Waals surface area contributed by atoms with E-state index in [1.54, 1.807) is 0 Å². The van der Waals surface area contributed by atoms with Crippen molar-refractivity contribution >= 4 is 0 Å². The van der Waals surface area contributed by atoms with Crippen molar-refractivity contribution in [2.75, 3.05) is 26.7 Å². The summed E-state index contributed by atoms with van der Waals surface area (Å²) in [5.74, 6) is 0.948. The maximum absolute atomic E-state index is 3.56. The van der Waals surface area contributed by atoms with E-state index in [1.165, 1.54) is 64.6 Å². The van der Waals surface area contributed by atoms with Gasteiger partial charge in [0.05, 0.1) is 0 Å². The highest BCUT2D eigenvalue weighted by molar-refractivity contribution is 4.82. The average molecular weight is 210 g/mol. The summed E-state index contributed by atoms with van der Waals surface area (Å²) in [7, 11) is 2.15. The quantitative estimate of drug-likeness (QED) is 0.765. The van der Waals surface area contributed by atoms with Crippen LogP contribution in [0.3, 0.4) is 0 Å². The van der Waals surface area contributed by atoms with Crippen molar-refractivity contribution in [2.24, 2.45) is 5.92 Å². The summed E-state index contributed by atoms with van der Waals surface area (Å²) < 4.78 is 0. The van der Waals surface area contributed by atoms with Gasteiger partial charge in [0, 0.05) is 12.6 Å². The van der Waals surface area contributed by atoms with Crippen LogP contribution in [0.4, 0.5) is 0 Å². The zero-order chi connectivity index (χ0) is 10.5. The van der Waals surface area contributed by atoms with Crippen molar-refractivity contribution in [2.45, 2.75) is 51.0 Å². The fraction of sp³-hybridized carbons (Fsp3) is 1.00. The second kappa shape index (κ2) is 5.86. The molecule has 1 aliphatic heterocycles. The molecule has 1 aliphatic carbocycles. The lowest BCUT2D eigenvalue weighted by molar-refractivity contribution is 0.212. The third-order valence-electron chi connectivity index (χ3n) is 4.24. The van der Waals surface area contributed by atoms with E-state index in [9.17, 15) is 0 Å². The molecule has 0 aromatic carbocycles. The highest BCUT2D eigenvalue weighted by Crippen LogP contribution is 2.27. The van der Waals surface area contributed by atoms with Crippen LogP contribution in [-0.4, -0.2) is 37.6 Å². The van der Waals surface area contributed by atoms with E-state index in [1.807, 2.05) is 0 Å². The molecule has 2 rings (SSSR count). The van der Waals surface area contributed by atoms with Gasteiger partial charge >= 0.3 is 0 Å². The molecule has 2 aliphatic rings. The molecule has 1 saturated carbocycles. The predicted molar refractivity (Wildman–Crippen MR) is 65.1 cm³/mol. The number of likely N-dealkylation sites (tertiary alicyclic amines) is 1. The average Bonchev–Trinajstić information content (AvgIpc) is 2.80. The largest absolute Gasteiger partial charge is 0.315 e. The SMILES string of the molecule is CNC(CN1CCCC1)C1CCCCC1. The molecule has 1 N–H and O–H groups in total. The molecule has 2 fully saturated rings. The number of rotatable bonds is 4. The minimum Gasteiger partial charge on any atom is -0.315 e. The van der Waals surface area contributed by atoms with Crippen molar-refractivity contribution in [3.8, 4) is 0 Å². The molecule has 0 spiro atoms. The Hall–Kier alpha value is -0.0800. The lowest BCUT2D eigenvalue weighted by Crippen LogP contribution is -2.43. The van der Waals surface area contributed by atoms with Crippen LogP contribution in [0, 0.1) is 5.92 Å². The Labute approximate surface area is 94.4 Å². The first kappa shape index (κ1) is 11.4. The van der Waals surface area contributed by atoms with Crippen molar-refractivity contribution in [1.29, 1.82) is 0 Å². The molecule has 88 valence electrons. The highest BCUT2D eigenvalue weighted by Gasteiger charge is 2.25. The van der Waals surface area contributed by atoms with Crippen LogP contribution in [0.2, 0.25) is 0 Å². The van der Waals surface area contributed by atoms with Crippen molar-refractivity contribution in [3.63, 3.8) is 0 Å². The number of nitrogens with zero attached hydrogens (tertiary/aromatic N) is 1. The first-order valence-electron chi connectivity index (χ1n) is 6.80. The van der Waals surface area contributed by atoms with Crippen LogP contribution in [0.1, 0.15) is 44.9 Å². The molecule has 0 radical (unpaired) electrons. The number of hydrogen-bond donors (Lipinski definition) is 1. The summed E-state index contributed by atoms with van der Waals surface area (Å²) >= 11 is 0. The Morgan fingerprint density at radius 2 is 1.73 bits per heavy atom. The molecule has 2 nitrogen and oxygen atoms in total. The third kappa shape index (κ3) is 3.18. The lowest BCUT2D eigenvalue weighted by atomic mass is 9.84. The number of hydrogen-bond acceptors (Lipinski definition) is 2. The second-order valence-electron chi connectivity index (χ2n) is 5.30. The fourth-order valence-corrected chi connectivity index (χ4v) is 3.26. The molecular weight excluding hydrogens is 184 g/mol. The Kier molecular flexibility index (Phi) is 4.45. The molecule has 1 atom stereocenters. The van der Waals surface area contributed by atoms with Crippen LogP contribution in [0.25, 0.3) is 0 Å².